The topological polar surface area (TPSA) is 155 Å². The van der Waals surface area contributed by atoms with Crippen LogP contribution in [-0.4, -0.2) is 22.9 Å². The van der Waals surface area contributed by atoms with Crippen molar-refractivity contribution in [1.29, 1.82) is 0 Å². The number of nitrogens with zero attached hydrogens (tertiary/aromatic N) is 2. The fraction of sp³-hybridized carbons (Fsp3) is 0.0588. The van der Waals surface area contributed by atoms with E-state index in [1.165, 1.54) is 19.2 Å². The molecule has 1 heterocycles. The molecule has 1 N–H and O–H groups in total. The van der Waals surface area contributed by atoms with Crippen LogP contribution in [0.3, 0.4) is 0 Å². The second-order valence-corrected chi connectivity index (χ2v) is 5.52. The van der Waals surface area contributed by atoms with Crippen LogP contribution in [0.25, 0.3) is 11.0 Å². The van der Waals surface area contributed by atoms with Crippen LogP contribution in [-0.2, 0) is 0 Å². The number of nitrogens with one attached hydrogen (secondary N) is 1. The van der Waals surface area contributed by atoms with Crippen LogP contribution >= 0.6 is 0 Å². The summed E-state index contributed by atoms with van der Waals surface area (Å²) in [6.45, 7) is 0. The molecule has 11 nitrogen and oxygen atoms in total. The van der Waals surface area contributed by atoms with E-state index >= 15 is 0 Å². The first-order valence-corrected chi connectivity index (χ1v) is 7.66. The summed E-state index contributed by atoms with van der Waals surface area (Å²) in [6.07, 6.45) is 0. The zero-order valence-corrected chi connectivity index (χ0v) is 14.2. The fourth-order valence-electron chi connectivity index (χ4n) is 2.47. The number of hydrogen-bond acceptors (Lipinski definition) is 8. The van der Waals surface area contributed by atoms with Gasteiger partial charge in [0.15, 0.2) is 0 Å². The van der Waals surface area contributed by atoms with Gasteiger partial charge in [0.05, 0.1) is 23.0 Å². The zero-order chi connectivity index (χ0) is 20.4. The largest absolute Gasteiger partial charge is 0.497 e. The Morgan fingerprint density at radius 3 is 2.46 bits per heavy atom. The van der Waals surface area contributed by atoms with Crippen molar-refractivity contribution in [3.8, 4) is 5.75 Å². The van der Waals surface area contributed by atoms with E-state index in [0.29, 0.717) is 17.2 Å². The van der Waals surface area contributed by atoms with E-state index in [4.69, 9.17) is 9.15 Å². The molecule has 0 aliphatic heterocycles. The first-order valence-electron chi connectivity index (χ1n) is 7.66. The molecule has 3 rings (SSSR count). The van der Waals surface area contributed by atoms with Crippen LogP contribution in [0.2, 0.25) is 0 Å². The normalized spacial score (nSPS) is 10.5. The summed E-state index contributed by atoms with van der Waals surface area (Å²) in [5.74, 6) is -0.492. The molecule has 0 fully saturated rings. The number of hydrogen-bond donors (Lipinski definition) is 1. The van der Waals surface area contributed by atoms with Crippen molar-refractivity contribution < 1.29 is 23.8 Å². The number of methoxy groups -OCH3 is 1. The number of anilines is 1. The minimum Gasteiger partial charge on any atom is -0.497 e. The molecular formula is C17H11N3O8. The number of nitro groups is 2. The molecule has 0 radical (unpaired) electrons. The van der Waals surface area contributed by atoms with Gasteiger partial charge in [-0.05, 0) is 30.3 Å². The Balaban J connectivity index is 2.01. The van der Waals surface area contributed by atoms with Gasteiger partial charge in [0.25, 0.3) is 17.3 Å². The van der Waals surface area contributed by atoms with Crippen molar-refractivity contribution in [3.63, 3.8) is 0 Å². The monoisotopic (exact) mass is 385 g/mol. The van der Waals surface area contributed by atoms with Crippen molar-refractivity contribution in [3.05, 3.63) is 78.7 Å². The number of fused-ring (bicyclic) bond motifs is 1. The van der Waals surface area contributed by atoms with Gasteiger partial charge in [-0.1, -0.05) is 0 Å². The molecule has 0 unspecified atom stereocenters. The summed E-state index contributed by atoms with van der Waals surface area (Å²) in [5, 5.41) is 24.6. The molecule has 0 aliphatic carbocycles. The summed E-state index contributed by atoms with van der Waals surface area (Å²) in [6, 6.07) is 8.60. The van der Waals surface area contributed by atoms with E-state index in [-0.39, 0.29) is 11.3 Å². The van der Waals surface area contributed by atoms with Crippen LogP contribution < -0.4 is 15.7 Å². The second kappa shape index (κ2) is 7.15. The van der Waals surface area contributed by atoms with Gasteiger partial charge in [0, 0.05) is 11.5 Å². The maximum atomic E-state index is 12.5. The summed E-state index contributed by atoms with van der Waals surface area (Å²) >= 11 is 0. The summed E-state index contributed by atoms with van der Waals surface area (Å²) in [7, 11) is 1.45. The molecule has 0 atom stereocenters. The van der Waals surface area contributed by atoms with Crippen LogP contribution in [0.5, 0.6) is 5.75 Å². The number of non-ortho nitro benzene ring substituents is 1. The highest BCUT2D eigenvalue weighted by Crippen LogP contribution is 2.29. The Labute approximate surface area is 155 Å². The van der Waals surface area contributed by atoms with Gasteiger partial charge in [-0.3, -0.25) is 25.0 Å². The van der Waals surface area contributed by atoms with Gasteiger partial charge in [-0.2, -0.15) is 0 Å². The molecule has 0 saturated carbocycles. The van der Waals surface area contributed by atoms with Crippen molar-refractivity contribution in [2.75, 3.05) is 12.4 Å². The van der Waals surface area contributed by atoms with Crippen LogP contribution in [0.15, 0.2) is 51.7 Å². The van der Waals surface area contributed by atoms with Gasteiger partial charge in [0.1, 0.15) is 22.6 Å². The highest BCUT2D eigenvalue weighted by atomic mass is 16.6. The minimum atomic E-state index is -0.963. The lowest BCUT2D eigenvalue weighted by Crippen LogP contribution is -2.21. The standard InChI is InChI=1S/C17H11N3O8/c1-27-11-3-5-15-9(6-11)7-12(17(22)28-15)16(21)18-13-4-2-10(19(23)24)8-14(13)20(25)26/h2-8H,1H3,(H,18,21). The second-order valence-electron chi connectivity index (χ2n) is 5.52. The molecule has 0 aliphatic rings. The van der Waals surface area contributed by atoms with Crippen LogP contribution in [0, 0.1) is 20.2 Å². The number of carbonyl (C=O) groups excluding carboxylic acids is 1. The Bertz CT molecular complexity index is 1180. The van der Waals surface area contributed by atoms with E-state index in [9.17, 15) is 29.8 Å². The molecule has 1 amide bonds. The molecule has 11 heteroatoms. The Hall–Kier alpha value is -4.28. The molecular weight excluding hydrogens is 374 g/mol. The quantitative estimate of drug-likeness (QED) is 0.399. The van der Waals surface area contributed by atoms with E-state index in [1.54, 1.807) is 12.1 Å². The third-order valence-corrected chi connectivity index (χ3v) is 3.82. The number of ether oxygens (including phenoxy) is 1. The average molecular weight is 385 g/mol. The molecule has 3 aromatic rings. The fourth-order valence-corrected chi connectivity index (χ4v) is 2.47. The first kappa shape index (κ1) is 18.5. The van der Waals surface area contributed by atoms with Crippen LogP contribution in [0.1, 0.15) is 10.4 Å². The summed E-state index contributed by atoms with van der Waals surface area (Å²) in [5.41, 5.74) is -2.61. The van der Waals surface area contributed by atoms with Gasteiger partial charge in [-0.15, -0.1) is 0 Å². The van der Waals surface area contributed by atoms with E-state index in [0.717, 1.165) is 12.1 Å². The van der Waals surface area contributed by atoms with E-state index < -0.39 is 38.3 Å². The number of benzene rings is 2. The van der Waals surface area contributed by atoms with Crippen molar-refractivity contribution in [1.82, 2.24) is 0 Å². The summed E-state index contributed by atoms with van der Waals surface area (Å²) < 4.78 is 10.2. The number of amides is 1. The lowest BCUT2D eigenvalue weighted by Gasteiger charge is -2.07. The molecule has 0 bridgehead atoms. The zero-order valence-electron chi connectivity index (χ0n) is 14.2. The van der Waals surface area contributed by atoms with Gasteiger partial charge in [0.2, 0.25) is 0 Å². The van der Waals surface area contributed by atoms with Gasteiger partial charge < -0.3 is 14.5 Å². The van der Waals surface area contributed by atoms with Gasteiger partial charge in [-0.25, -0.2) is 4.79 Å². The van der Waals surface area contributed by atoms with Crippen molar-refractivity contribution in [2.24, 2.45) is 0 Å². The minimum absolute atomic E-state index is 0.226. The molecule has 0 saturated heterocycles. The van der Waals surface area contributed by atoms with Crippen LogP contribution in [0.4, 0.5) is 17.1 Å². The lowest BCUT2D eigenvalue weighted by molar-refractivity contribution is -0.393. The molecule has 142 valence electrons. The van der Waals surface area contributed by atoms with Gasteiger partial charge >= 0.3 is 5.63 Å². The Morgan fingerprint density at radius 1 is 1.07 bits per heavy atom. The maximum Gasteiger partial charge on any atom is 0.349 e. The Morgan fingerprint density at radius 2 is 1.82 bits per heavy atom. The van der Waals surface area contributed by atoms with Crippen molar-refractivity contribution in [2.45, 2.75) is 0 Å². The SMILES string of the molecule is COc1ccc2oc(=O)c(C(=O)Nc3ccc([N+](=O)[O-])cc3[N+](=O)[O-])cc2c1. The highest BCUT2D eigenvalue weighted by molar-refractivity contribution is 6.06. The average Bonchev–Trinajstić information content (AvgIpc) is 2.66. The number of nitro benzene ring substituents is 2. The molecule has 2 aromatic carbocycles. The van der Waals surface area contributed by atoms with Crippen molar-refractivity contribution >= 4 is 33.9 Å². The molecule has 1 aromatic heterocycles. The third kappa shape index (κ3) is 3.49. The predicted octanol–water partition coefficient (Wildman–Crippen LogP) is 2.87. The first-order chi connectivity index (χ1) is 13.3. The number of rotatable bonds is 5. The predicted molar refractivity (Wildman–Crippen MR) is 96.7 cm³/mol. The lowest BCUT2D eigenvalue weighted by atomic mass is 10.1. The third-order valence-electron chi connectivity index (χ3n) is 3.82. The molecule has 28 heavy (non-hydrogen) atoms. The number of carbonyl (C=O) groups is 1. The summed E-state index contributed by atoms with van der Waals surface area (Å²) in [4.78, 5) is 44.8. The maximum absolute atomic E-state index is 12.5. The Kier molecular flexibility index (Phi) is 4.73. The molecule has 0 spiro atoms. The smallest absolute Gasteiger partial charge is 0.349 e. The highest BCUT2D eigenvalue weighted by Gasteiger charge is 2.23. The van der Waals surface area contributed by atoms with E-state index in [1.807, 2.05) is 0 Å². The van der Waals surface area contributed by atoms with E-state index in [2.05, 4.69) is 5.32 Å².